The highest BCUT2D eigenvalue weighted by atomic mass is 19.1. The number of hydrogen-bond donors (Lipinski definition) is 1. The number of aliphatic hydroxyl groups excluding tert-OH is 1. The van der Waals surface area contributed by atoms with Crippen LogP contribution in [0.1, 0.15) is 49.5 Å². The number of aliphatic hydroxyl groups is 1. The molecular formula is C18H21FO2. The first-order valence-electron chi connectivity index (χ1n) is 7.15. The number of benzene rings is 2. The molecule has 0 aromatic heterocycles. The maximum atomic E-state index is 14.1. The lowest BCUT2D eigenvalue weighted by molar-refractivity contribution is 0.194. The van der Waals surface area contributed by atoms with Crippen molar-refractivity contribution >= 4 is 0 Å². The maximum absolute atomic E-state index is 14.1. The van der Waals surface area contributed by atoms with Crippen molar-refractivity contribution in [3.05, 3.63) is 58.9 Å². The molecule has 0 heterocycles. The smallest absolute Gasteiger partial charge is 0.168 e. The molecule has 1 unspecified atom stereocenters. The molecule has 1 atom stereocenters. The molecule has 0 bridgehead atoms. The van der Waals surface area contributed by atoms with Crippen molar-refractivity contribution in [2.45, 2.75) is 39.7 Å². The summed E-state index contributed by atoms with van der Waals surface area (Å²) in [6.45, 7) is 7.69. The minimum atomic E-state index is -0.789. The molecule has 0 aliphatic rings. The quantitative estimate of drug-likeness (QED) is 0.847. The van der Waals surface area contributed by atoms with Crippen molar-refractivity contribution in [2.75, 3.05) is 0 Å². The molecule has 0 aliphatic heterocycles. The Labute approximate surface area is 125 Å². The summed E-state index contributed by atoms with van der Waals surface area (Å²) in [7, 11) is 0. The maximum Gasteiger partial charge on any atom is 0.168 e. The largest absolute Gasteiger partial charge is 0.454 e. The predicted octanol–water partition coefficient (Wildman–Crippen LogP) is 5.10. The highest BCUT2D eigenvalue weighted by Crippen LogP contribution is 2.36. The van der Waals surface area contributed by atoms with Crippen LogP contribution in [-0.2, 0) is 0 Å². The van der Waals surface area contributed by atoms with Crippen LogP contribution in [0.5, 0.6) is 11.5 Å². The van der Waals surface area contributed by atoms with E-state index in [0.717, 1.165) is 11.1 Å². The third-order valence-electron chi connectivity index (χ3n) is 3.45. The molecule has 0 saturated carbocycles. The van der Waals surface area contributed by atoms with Crippen LogP contribution in [0.15, 0.2) is 36.4 Å². The normalized spacial score (nSPS) is 12.5. The number of halogens is 1. The average molecular weight is 288 g/mol. The predicted molar refractivity (Wildman–Crippen MR) is 82.4 cm³/mol. The van der Waals surface area contributed by atoms with Gasteiger partial charge in [-0.25, -0.2) is 4.39 Å². The van der Waals surface area contributed by atoms with E-state index in [1.165, 1.54) is 6.07 Å². The van der Waals surface area contributed by atoms with Gasteiger partial charge in [-0.05, 0) is 43.0 Å². The van der Waals surface area contributed by atoms with Crippen LogP contribution in [0.4, 0.5) is 4.39 Å². The lowest BCUT2D eigenvalue weighted by Gasteiger charge is -2.18. The van der Waals surface area contributed by atoms with Gasteiger partial charge in [-0.2, -0.15) is 0 Å². The van der Waals surface area contributed by atoms with Crippen molar-refractivity contribution in [3.8, 4) is 11.5 Å². The fourth-order valence-electron chi connectivity index (χ4n) is 2.28. The average Bonchev–Trinajstić information content (AvgIpc) is 2.40. The lowest BCUT2D eigenvalue weighted by atomic mass is 10.0. The number of aryl methyl sites for hydroxylation is 1. The topological polar surface area (TPSA) is 29.5 Å². The number of rotatable bonds is 4. The van der Waals surface area contributed by atoms with Gasteiger partial charge in [0.1, 0.15) is 5.75 Å². The van der Waals surface area contributed by atoms with E-state index in [9.17, 15) is 9.50 Å². The van der Waals surface area contributed by atoms with E-state index >= 15 is 0 Å². The Morgan fingerprint density at radius 2 is 1.76 bits per heavy atom. The Kier molecular flexibility index (Phi) is 4.63. The molecular weight excluding hydrogens is 267 g/mol. The van der Waals surface area contributed by atoms with Crippen molar-refractivity contribution in [2.24, 2.45) is 0 Å². The lowest BCUT2D eigenvalue weighted by Crippen LogP contribution is -2.01. The van der Waals surface area contributed by atoms with Gasteiger partial charge in [-0.15, -0.1) is 0 Å². The molecule has 0 amide bonds. The summed E-state index contributed by atoms with van der Waals surface area (Å²) < 4.78 is 19.9. The van der Waals surface area contributed by atoms with Crippen LogP contribution in [0.3, 0.4) is 0 Å². The van der Waals surface area contributed by atoms with Gasteiger partial charge in [0.2, 0.25) is 0 Å². The minimum absolute atomic E-state index is 0.0972. The summed E-state index contributed by atoms with van der Waals surface area (Å²) in [4.78, 5) is 0. The molecule has 0 saturated heterocycles. The Balaban J connectivity index is 2.50. The highest BCUT2D eigenvalue weighted by molar-refractivity contribution is 5.45. The summed E-state index contributed by atoms with van der Waals surface area (Å²) in [5, 5.41) is 9.79. The second kappa shape index (κ2) is 6.27. The fraction of sp³-hybridized carbons (Fsp3) is 0.333. The van der Waals surface area contributed by atoms with Crippen LogP contribution in [0, 0.1) is 12.7 Å². The van der Waals surface area contributed by atoms with Gasteiger partial charge in [-0.1, -0.05) is 38.1 Å². The van der Waals surface area contributed by atoms with E-state index < -0.39 is 11.9 Å². The van der Waals surface area contributed by atoms with E-state index in [1.807, 2.05) is 25.1 Å². The molecule has 112 valence electrons. The third-order valence-corrected chi connectivity index (χ3v) is 3.45. The second-order valence-corrected chi connectivity index (χ2v) is 5.63. The number of para-hydroxylation sites is 1. The molecule has 0 spiro atoms. The van der Waals surface area contributed by atoms with Gasteiger partial charge in [0.05, 0.1) is 6.10 Å². The SMILES string of the molecule is Cc1ccc(C(C)C)c(Oc2c(F)cccc2C(C)O)c1. The molecule has 0 fully saturated rings. The van der Waals surface area contributed by atoms with Gasteiger partial charge < -0.3 is 9.84 Å². The van der Waals surface area contributed by atoms with Crippen molar-refractivity contribution in [1.82, 2.24) is 0 Å². The van der Waals surface area contributed by atoms with Crippen LogP contribution < -0.4 is 4.74 Å². The van der Waals surface area contributed by atoms with Crippen molar-refractivity contribution < 1.29 is 14.2 Å². The molecule has 0 aliphatic carbocycles. The van der Waals surface area contributed by atoms with E-state index in [0.29, 0.717) is 11.3 Å². The van der Waals surface area contributed by atoms with Crippen molar-refractivity contribution in [3.63, 3.8) is 0 Å². The van der Waals surface area contributed by atoms with Gasteiger partial charge in [0.15, 0.2) is 11.6 Å². The summed E-state index contributed by atoms with van der Waals surface area (Å²) >= 11 is 0. The second-order valence-electron chi connectivity index (χ2n) is 5.63. The molecule has 2 rings (SSSR count). The molecule has 2 aromatic carbocycles. The van der Waals surface area contributed by atoms with E-state index in [-0.39, 0.29) is 11.7 Å². The van der Waals surface area contributed by atoms with Gasteiger partial charge in [0.25, 0.3) is 0 Å². The third kappa shape index (κ3) is 3.42. The summed E-state index contributed by atoms with van der Waals surface area (Å²) in [5.74, 6) is 0.531. The molecule has 21 heavy (non-hydrogen) atoms. The summed E-state index contributed by atoms with van der Waals surface area (Å²) in [6.07, 6.45) is -0.789. The Bertz CT molecular complexity index is 633. The highest BCUT2D eigenvalue weighted by Gasteiger charge is 2.17. The van der Waals surface area contributed by atoms with E-state index in [4.69, 9.17) is 4.74 Å². The fourth-order valence-corrected chi connectivity index (χ4v) is 2.28. The van der Waals surface area contributed by atoms with Gasteiger partial charge in [-0.3, -0.25) is 0 Å². The number of hydrogen-bond acceptors (Lipinski definition) is 2. The zero-order valence-corrected chi connectivity index (χ0v) is 12.9. The summed E-state index contributed by atoms with van der Waals surface area (Å²) in [6, 6.07) is 10.5. The summed E-state index contributed by atoms with van der Waals surface area (Å²) in [5.41, 5.74) is 2.51. The van der Waals surface area contributed by atoms with Crippen LogP contribution in [0.2, 0.25) is 0 Å². The van der Waals surface area contributed by atoms with E-state index in [2.05, 4.69) is 13.8 Å². The van der Waals surface area contributed by atoms with Crippen molar-refractivity contribution in [1.29, 1.82) is 0 Å². The molecule has 2 nitrogen and oxygen atoms in total. The molecule has 3 heteroatoms. The van der Waals surface area contributed by atoms with Crippen LogP contribution in [0.25, 0.3) is 0 Å². The first-order chi connectivity index (χ1) is 9.90. The zero-order valence-electron chi connectivity index (χ0n) is 12.9. The first-order valence-corrected chi connectivity index (χ1v) is 7.15. The zero-order chi connectivity index (χ0) is 15.6. The van der Waals surface area contributed by atoms with Gasteiger partial charge >= 0.3 is 0 Å². The number of ether oxygens (including phenoxy) is 1. The minimum Gasteiger partial charge on any atom is -0.454 e. The van der Waals surface area contributed by atoms with E-state index in [1.54, 1.807) is 19.1 Å². The van der Waals surface area contributed by atoms with Gasteiger partial charge in [0, 0.05) is 5.56 Å². The Hall–Kier alpha value is -1.87. The standard InChI is InChI=1S/C18H21FO2/c1-11(2)14-9-8-12(3)10-17(14)21-18-15(13(4)20)6-5-7-16(18)19/h5-11,13,20H,1-4H3. The van der Waals surface area contributed by atoms with Crippen LogP contribution >= 0.6 is 0 Å². The molecule has 1 N–H and O–H groups in total. The monoisotopic (exact) mass is 288 g/mol. The first kappa shape index (κ1) is 15.5. The molecule has 0 radical (unpaired) electrons. The molecule has 2 aromatic rings. The van der Waals surface area contributed by atoms with Crippen LogP contribution in [-0.4, -0.2) is 5.11 Å². The Morgan fingerprint density at radius 1 is 1.05 bits per heavy atom. The Morgan fingerprint density at radius 3 is 2.38 bits per heavy atom.